The maximum Gasteiger partial charge on any atom is 0.333 e. The summed E-state index contributed by atoms with van der Waals surface area (Å²) in [5.41, 5.74) is 0.957. The Balaban J connectivity index is 2.43. The Morgan fingerprint density at radius 2 is 2.20 bits per heavy atom. The summed E-state index contributed by atoms with van der Waals surface area (Å²) >= 11 is 0. The van der Waals surface area contributed by atoms with Crippen LogP contribution in [0.5, 0.6) is 0 Å². The predicted octanol–water partition coefficient (Wildman–Crippen LogP) is 3.46. The van der Waals surface area contributed by atoms with Crippen molar-refractivity contribution in [2.45, 2.75) is 59.0 Å². The Hall–Kier alpha value is -0.790. The van der Waals surface area contributed by atoms with E-state index in [2.05, 4.69) is 20.4 Å². The highest BCUT2D eigenvalue weighted by Crippen LogP contribution is 2.41. The molecule has 0 aromatic rings. The molecule has 0 amide bonds. The smallest absolute Gasteiger partial charge is 0.333 e. The molecule has 0 saturated heterocycles. The molecule has 1 aliphatic rings. The second kappa shape index (κ2) is 4.82. The van der Waals surface area contributed by atoms with E-state index in [4.69, 9.17) is 4.74 Å². The lowest BCUT2D eigenvalue weighted by Crippen LogP contribution is -2.18. The highest BCUT2D eigenvalue weighted by atomic mass is 16.5. The van der Waals surface area contributed by atoms with Crippen LogP contribution in [0.25, 0.3) is 0 Å². The summed E-state index contributed by atoms with van der Waals surface area (Å²) in [5.74, 6) is -0.206. The molecule has 2 nitrogen and oxygen atoms in total. The van der Waals surface area contributed by atoms with Crippen LogP contribution in [-0.4, -0.2) is 12.1 Å². The third kappa shape index (κ3) is 3.08. The van der Waals surface area contributed by atoms with Crippen LogP contribution in [0.4, 0.5) is 0 Å². The quantitative estimate of drug-likeness (QED) is 0.524. The Labute approximate surface area is 92.7 Å². The fourth-order valence-electron chi connectivity index (χ4n) is 2.06. The van der Waals surface area contributed by atoms with Crippen LogP contribution in [0.15, 0.2) is 12.2 Å². The first kappa shape index (κ1) is 12.3. The highest BCUT2D eigenvalue weighted by Gasteiger charge is 2.35. The van der Waals surface area contributed by atoms with Gasteiger partial charge in [-0.15, -0.1) is 0 Å². The molecular formula is C13H22O2. The summed E-state index contributed by atoms with van der Waals surface area (Å²) in [6.07, 6.45) is 5.14. The predicted molar refractivity (Wildman–Crippen MR) is 61.6 cm³/mol. The third-order valence-corrected chi connectivity index (χ3v) is 3.63. The molecule has 0 aromatic carbocycles. The number of carbonyl (C=O) groups is 1. The number of hydrogen-bond acceptors (Lipinski definition) is 2. The van der Waals surface area contributed by atoms with E-state index in [1.165, 1.54) is 6.42 Å². The van der Waals surface area contributed by atoms with Gasteiger partial charge in [-0.3, -0.25) is 0 Å². The largest absolute Gasteiger partial charge is 0.459 e. The Bertz CT molecular complexity index is 257. The monoisotopic (exact) mass is 210 g/mol. The molecule has 0 radical (unpaired) electrons. The van der Waals surface area contributed by atoms with Crippen LogP contribution in [0, 0.1) is 5.41 Å². The molecule has 0 heterocycles. The molecule has 0 bridgehead atoms. The van der Waals surface area contributed by atoms with Crippen molar-refractivity contribution in [2.75, 3.05) is 0 Å². The van der Waals surface area contributed by atoms with Gasteiger partial charge in [0.05, 0.1) is 0 Å². The van der Waals surface area contributed by atoms with Gasteiger partial charge in [0, 0.05) is 5.57 Å². The van der Waals surface area contributed by atoms with E-state index in [9.17, 15) is 4.79 Å². The first-order chi connectivity index (χ1) is 7.00. The molecule has 2 atom stereocenters. The number of ether oxygens (including phenoxy) is 1. The maximum atomic E-state index is 11.5. The van der Waals surface area contributed by atoms with E-state index in [0.717, 1.165) is 19.3 Å². The lowest BCUT2D eigenvalue weighted by atomic mass is 9.86. The molecule has 0 aliphatic heterocycles. The van der Waals surface area contributed by atoms with Crippen LogP contribution in [0.1, 0.15) is 52.9 Å². The summed E-state index contributed by atoms with van der Waals surface area (Å²) in [6.45, 7) is 10.1. The van der Waals surface area contributed by atoms with E-state index in [1.54, 1.807) is 0 Å². The van der Waals surface area contributed by atoms with Gasteiger partial charge in [0.25, 0.3) is 0 Å². The van der Waals surface area contributed by atoms with Crippen LogP contribution < -0.4 is 0 Å². The van der Waals surface area contributed by atoms with Gasteiger partial charge < -0.3 is 4.74 Å². The van der Waals surface area contributed by atoms with Gasteiger partial charge in [-0.1, -0.05) is 33.8 Å². The molecule has 0 aromatic heterocycles. The first-order valence-corrected chi connectivity index (χ1v) is 5.89. The number of rotatable bonds is 4. The Morgan fingerprint density at radius 1 is 1.53 bits per heavy atom. The zero-order chi connectivity index (χ0) is 11.5. The molecule has 15 heavy (non-hydrogen) atoms. The van der Waals surface area contributed by atoms with E-state index < -0.39 is 0 Å². The summed E-state index contributed by atoms with van der Waals surface area (Å²) in [4.78, 5) is 11.5. The molecule has 2 unspecified atom stereocenters. The minimum absolute atomic E-state index is 0.116. The van der Waals surface area contributed by atoms with Crippen LogP contribution >= 0.6 is 0 Å². The zero-order valence-corrected chi connectivity index (χ0v) is 10.1. The van der Waals surface area contributed by atoms with E-state index in [0.29, 0.717) is 17.4 Å². The molecule has 86 valence electrons. The Morgan fingerprint density at radius 3 is 2.67 bits per heavy atom. The SMILES string of the molecule is C=C(CC)C(=O)OC1CCC(C)(CC)C1. The van der Waals surface area contributed by atoms with Crippen molar-refractivity contribution >= 4 is 5.97 Å². The second-order valence-electron chi connectivity index (χ2n) is 4.89. The zero-order valence-electron chi connectivity index (χ0n) is 10.1. The molecule has 1 aliphatic carbocycles. The van der Waals surface area contributed by atoms with Crippen LogP contribution in [0.2, 0.25) is 0 Å². The van der Waals surface area contributed by atoms with Crippen molar-refractivity contribution in [1.82, 2.24) is 0 Å². The van der Waals surface area contributed by atoms with Gasteiger partial charge >= 0.3 is 5.97 Å². The lowest BCUT2D eigenvalue weighted by Gasteiger charge is -2.21. The molecule has 1 saturated carbocycles. The molecule has 2 heteroatoms. The second-order valence-corrected chi connectivity index (χ2v) is 4.89. The summed E-state index contributed by atoms with van der Waals surface area (Å²) < 4.78 is 5.42. The lowest BCUT2D eigenvalue weighted by molar-refractivity contribution is -0.144. The molecule has 0 spiro atoms. The average Bonchev–Trinajstić information content (AvgIpc) is 2.60. The summed E-state index contributed by atoms with van der Waals surface area (Å²) in [5, 5.41) is 0. The number of esters is 1. The van der Waals surface area contributed by atoms with Crippen LogP contribution in [-0.2, 0) is 9.53 Å². The molecule has 1 rings (SSSR count). The van der Waals surface area contributed by atoms with Gasteiger partial charge in [0.1, 0.15) is 6.10 Å². The van der Waals surface area contributed by atoms with Gasteiger partial charge in [-0.25, -0.2) is 4.79 Å². The van der Waals surface area contributed by atoms with E-state index in [1.807, 2.05) is 6.92 Å². The molecular weight excluding hydrogens is 188 g/mol. The van der Waals surface area contributed by atoms with Crippen molar-refractivity contribution in [1.29, 1.82) is 0 Å². The number of hydrogen-bond donors (Lipinski definition) is 0. The topological polar surface area (TPSA) is 26.3 Å². The van der Waals surface area contributed by atoms with Crippen LogP contribution in [0.3, 0.4) is 0 Å². The van der Waals surface area contributed by atoms with Crippen molar-refractivity contribution in [2.24, 2.45) is 5.41 Å². The average molecular weight is 210 g/mol. The number of carbonyl (C=O) groups excluding carboxylic acids is 1. The molecule has 0 N–H and O–H groups in total. The van der Waals surface area contributed by atoms with Gasteiger partial charge in [0.2, 0.25) is 0 Å². The highest BCUT2D eigenvalue weighted by molar-refractivity contribution is 5.87. The normalized spacial score (nSPS) is 30.2. The van der Waals surface area contributed by atoms with E-state index in [-0.39, 0.29) is 12.1 Å². The van der Waals surface area contributed by atoms with Crippen molar-refractivity contribution in [3.63, 3.8) is 0 Å². The van der Waals surface area contributed by atoms with Crippen molar-refractivity contribution in [3.8, 4) is 0 Å². The van der Waals surface area contributed by atoms with Crippen molar-refractivity contribution < 1.29 is 9.53 Å². The maximum absolute atomic E-state index is 11.5. The molecule has 1 fully saturated rings. The van der Waals surface area contributed by atoms with Gasteiger partial charge in [-0.2, -0.15) is 0 Å². The fourth-order valence-corrected chi connectivity index (χ4v) is 2.06. The summed E-state index contributed by atoms with van der Waals surface area (Å²) in [7, 11) is 0. The van der Waals surface area contributed by atoms with Gasteiger partial charge in [-0.05, 0) is 31.1 Å². The summed E-state index contributed by atoms with van der Waals surface area (Å²) in [6, 6.07) is 0. The van der Waals surface area contributed by atoms with Gasteiger partial charge in [0.15, 0.2) is 0 Å². The Kier molecular flexibility index (Phi) is 3.95. The first-order valence-electron chi connectivity index (χ1n) is 5.89. The standard InChI is InChI=1S/C13H22O2/c1-5-10(3)12(14)15-11-7-8-13(4,6-2)9-11/h11H,3,5-9H2,1-2,4H3. The minimum atomic E-state index is -0.206. The van der Waals surface area contributed by atoms with E-state index >= 15 is 0 Å². The fraction of sp³-hybridized carbons (Fsp3) is 0.769. The third-order valence-electron chi connectivity index (χ3n) is 3.63. The minimum Gasteiger partial charge on any atom is -0.459 e. The van der Waals surface area contributed by atoms with Crippen molar-refractivity contribution in [3.05, 3.63) is 12.2 Å².